The van der Waals surface area contributed by atoms with Crippen LogP contribution in [0.1, 0.15) is 6.42 Å². The van der Waals surface area contributed by atoms with Crippen LogP contribution in [0, 0.1) is 0 Å². The lowest BCUT2D eigenvalue weighted by Gasteiger charge is -2.23. The number of hydrogen-bond donors (Lipinski definition) is 3. The summed E-state index contributed by atoms with van der Waals surface area (Å²) < 4.78 is 5.31. The average molecular weight is 244 g/mol. The predicted octanol–water partition coefficient (Wildman–Crippen LogP) is -1.16. The third kappa shape index (κ3) is 3.58. The number of ether oxygens (including phenoxy) is 1. The minimum Gasteiger partial charge on any atom is -0.374 e. The van der Waals surface area contributed by atoms with Gasteiger partial charge in [0.05, 0.1) is 19.8 Å². The Balaban J connectivity index is 1.57. The highest BCUT2D eigenvalue weighted by Gasteiger charge is 2.12. The first-order valence-corrected chi connectivity index (χ1v) is 6.40. The summed E-state index contributed by atoms with van der Waals surface area (Å²) in [5.41, 5.74) is 5.49. The van der Waals surface area contributed by atoms with E-state index in [4.69, 9.17) is 10.5 Å². The zero-order chi connectivity index (χ0) is 11.2. The largest absolute Gasteiger partial charge is 0.374 e. The molecule has 7 heteroatoms. The van der Waals surface area contributed by atoms with Gasteiger partial charge in [0, 0.05) is 13.0 Å². The number of nitrogens with two attached hydrogens (primary N) is 1. The number of nitrogens with one attached hydrogen (secondary N) is 2. The van der Waals surface area contributed by atoms with Crippen LogP contribution in [0.15, 0.2) is 0 Å². The summed E-state index contributed by atoms with van der Waals surface area (Å²) in [6.07, 6.45) is 1.13. The maximum atomic E-state index is 5.49. The van der Waals surface area contributed by atoms with Crippen LogP contribution in [0.25, 0.3) is 0 Å². The van der Waals surface area contributed by atoms with E-state index in [9.17, 15) is 0 Å². The standard InChI is InChI=1S/C9H17N5OS/c10-8-12-13-9(16-8)11-2-1-3-14-4-6-15-7-5-14/h1-7H2,(H2,10,12)(H,11,13)/p+1. The first kappa shape index (κ1) is 11.6. The zero-order valence-electron chi connectivity index (χ0n) is 9.24. The molecule has 1 aromatic heterocycles. The van der Waals surface area contributed by atoms with Gasteiger partial charge >= 0.3 is 0 Å². The summed E-state index contributed by atoms with van der Waals surface area (Å²) in [5.74, 6) is 0. The van der Waals surface area contributed by atoms with Crippen LogP contribution in [0.2, 0.25) is 0 Å². The minimum atomic E-state index is 0.515. The molecule has 1 saturated heterocycles. The molecule has 0 amide bonds. The molecule has 0 bridgehead atoms. The summed E-state index contributed by atoms with van der Waals surface area (Å²) in [4.78, 5) is 1.63. The van der Waals surface area contributed by atoms with Crippen LogP contribution in [0.3, 0.4) is 0 Å². The van der Waals surface area contributed by atoms with E-state index in [1.54, 1.807) is 4.90 Å². The van der Waals surface area contributed by atoms with Gasteiger partial charge in [0.25, 0.3) is 0 Å². The molecule has 0 spiro atoms. The van der Waals surface area contributed by atoms with E-state index in [1.165, 1.54) is 17.9 Å². The first-order valence-electron chi connectivity index (χ1n) is 5.59. The van der Waals surface area contributed by atoms with Crippen LogP contribution in [0.5, 0.6) is 0 Å². The zero-order valence-corrected chi connectivity index (χ0v) is 10.1. The van der Waals surface area contributed by atoms with Gasteiger partial charge in [0.2, 0.25) is 10.3 Å². The number of aromatic nitrogens is 2. The molecular formula is C9H18N5OS+. The van der Waals surface area contributed by atoms with Gasteiger partial charge in [-0.05, 0) is 0 Å². The van der Waals surface area contributed by atoms with E-state index in [0.29, 0.717) is 5.13 Å². The number of morpholine rings is 1. The Kier molecular flexibility index (Phi) is 4.32. The molecule has 1 aliphatic rings. The Hall–Kier alpha value is -0.920. The molecule has 0 unspecified atom stereocenters. The summed E-state index contributed by atoms with van der Waals surface area (Å²) in [5, 5.41) is 12.2. The smallest absolute Gasteiger partial charge is 0.207 e. The first-order chi connectivity index (χ1) is 7.84. The lowest BCUT2D eigenvalue weighted by atomic mass is 10.3. The summed E-state index contributed by atoms with van der Waals surface area (Å²) in [6.45, 7) is 6.17. The van der Waals surface area contributed by atoms with Crippen molar-refractivity contribution in [2.75, 3.05) is 50.4 Å². The Labute approximate surface area is 98.8 Å². The molecule has 2 rings (SSSR count). The quantitative estimate of drug-likeness (QED) is 0.569. The molecule has 0 radical (unpaired) electrons. The lowest BCUT2D eigenvalue weighted by molar-refractivity contribution is -0.908. The monoisotopic (exact) mass is 244 g/mol. The Morgan fingerprint density at radius 1 is 1.38 bits per heavy atom. The molecule has 16 heavy (non-hydrogen) atoms. The van der Waals surface area contributed by atoms with Gasteiger partial charge in [-0.25, -0.2) is 0 Å². The van der Waals surface area contributed by atoms with Gasteiger partial charge in [-0.3, -0.25) is 0 Å². The van der Waals surface area contributed by atoms with Gasteiger partial charge in [-0.15, -0.1) is 10.2 Å². The molecule has 0 aliphatic carbocycles. The highest BCUT2D eigenvalue weighted by atomic mass is 32.1. The second-order valence-corrected chi connectivity index (χ2v) is 4.85. The van der Waals surface area contributed by atoms with Gasteiger partial charge in [0.15, 0.2) is 0 Å². The number of quaternary nitrogens is 1. The van der Waals surface area contributed by atoms with E-state index in [0.717, 1.165) is 44.4 Å². The SMILES string of the molecule is Nc1nnc(NCCC[NH+]2CCOCC2)s1. The van der Waals surface area contributed by atoms with Gasteiger partial charge in [-0.1, -0.05) is 11.3 Å². The predicted molar refractivity (Wildman–Crippen MR) is 63.8 cm³/mol. The minimum absolute atomic E-state index is 0.515. The molecular weight excluding hydrogens is 226 g/mol. The fraction of sp³-hybridized carbons (Fsp3) is 0.778. The molecule has 0 aromatic carbocycles. The van der Waals surface area contributed by atoms with Crippen molar-refractivity contribution in [2.45, 2.75) is 6.42 Å². The lowest BCUT2D eigenvalue weighted by Crippen LogP contribution is -3.14. The number of rotatable bonds is 5. The third-order valence-corrected chi connectivity index (χ3v) is 3.33. The van der Waals surface area contributed by atoms with Crippen LogP contribution < -0.4 is 16.0 Å². The van der Waals surface area contributed by atoms with E-state index in [1.807, 2.05) is 0 Å². The summed E-state index contributed by atoms with van der Waals surface area (Å²) in [6, 6.07) is 0. The summed E-state index contributed by atoms with van der Waals surface area (Å²) in [7, 11) is 0. The second-order valence-electron chi connectivity index (χ2n) is 3.84. The topological polar surface area (TPSA) is 77.5 Å². The molecule has 1 aromatic rings. The van der Waals surface area contributed by atoms with Crippen LogP contribution in [-0.2, 0) is 4.74 Å². The van der Waals surface area contributed by atoms with Gasteiger partial charge < -0.3 is 20.7 Å². The number of nitrogens with zero attached hydrogens (tertiary/aromatic N) is 2. The highest BCUT2D eigenvalue weighted by Crippen LogP contribution is 2.15. The maximum absolute atomic E-state index is 5.49. The maximum Gasteiger partial charge on any atom is 0.207 e. The van der Waals surface area contributed by atoms with Gasteiger partial charge in [0.1, 0.15) is 13.1 Å². The molecule has 0 atom stereocenters. The van der Waals surface area contributed by atoms with Crippen molar-refractivity contribution in [2.24, 2.45) is 0 Å². The van der Waals surface area contributed by atoms with Crippen molar-refractivity contribution < 1.29 is 9.64 Å². The van der Waals surface area contributed by atoms with Gasteiger partial charge in [-0.2, -0.15) is 0 Å². The summed E-state index contributed by atoms with van der Waals surface area (Å²) >= 11 is 1.39. The van der Waals surface area contributed by atoms with Crippen molar-refractivity contribution >= 4 is 21.6 Å². The number of anilines is 2. The van der Waals surface area contributed by atoms with Crippen molar-refractivity contribution in [1.82, 2.24) is 10.2 Å². The third-order valence-electron chi connectivity index (χ3n) is 2.62. The second kappa shape index (κ2) is 5.97. The van der Waals surface area contributed by atoms with Crippen molar-refractivity contribution in [3.63, 3.8) is 0 Å². The van der Waals surface area contributed by atoms with Crippen molar-refractivity contribution in [3.05, 3.63) is 0 Å². The van der Waals surface area contributed by atoms with Crippen LogP contribution >= 0.6 is 11.3 Å². The molecule has 1 aliphatic heterocycles. The normalized spacial score (nSPS) is 17.5. The van der Waals surface area contributed by atoms with Crippen molar-refractivity contribution in [1.29, 1.82) is 0 Å². The Morgan fingerprint density at radius 3 is 2.88 bits per heavy atom. The number of hydrogen-bond acceptors (Lipinski definition) is 6. The highest BCUT2D eigenvalue weighted by molar-refractivity contribution is 7.18. The number of nitrogen functional groups attached to an aromatic ring is 1. The Bertz CT molecular complexity index is 313. The Morgan fingerprint density at radius 2 is 2.19 bits per heavy atom. The fourth-order valence-electron chi connectivity index (χ4n) is 1.75. The molecule has 4 N–H and O–H groups in total. The molecule has 0 saturated carbocycles. The average Bonchev–Trinajstić information content (AvgIpc) is 2.72. The fourth-order valence-corrected chi connectivity index (χ4v) is 2.29. The van der Waals surface area contributed by atoms with E-state index < -0.39 is 0 Å². The van der Waals surface area contributed by atoms with Crippen LogP contribution in [-0.4, -0.2) is 49.6 Å². The van der Waals surface area contributed by atoms with Crippen molar-refractivity contribution in [3.8, 4) is 0 Å². The van der Waals surface area contributed by atoms with Crippen LogP contribution in [0.4, 0.5) is 10.3 Å². The van der Waals surface area contributed by atoms with E-state index in [2.05, 4.69) is 15.5 Å². The molecule has 90 valence electrons. The molecule has 2 heterocycles. The van der Waals surface area contributed by atoms with E-state index in [-0.39, 0.29) is 0 Å². The molecule has 6 nitrogen and oxygen atoms in total. The van der Waals surface area contributed by atoms with E-state index >= 15 is 0 Å². The molecule has 1 fully saturated rings.